The van der Waals surface area contributed by atoms with E-state index in [4.69, 9.17) is 4.74 Å². The van der Waals surface area contributed by atoms with E-state index in [1.807, 2.05) is 0 Å². The van der Waals surface area contributed by atoms with Crippen molar-refractivity contribution in [2.24, 2.45) is 0 Å². The third-order valence-electron chi connectivity index (χ3n) is 2.04. The molecule has 0 bridgehead atoms. The molecule has 0 N–H and O–H groups in total. The van der Waals surface area contributed by atoms with Gasteiger partial charge in [-0.15, -0.1) is 0 Å². The fourth-order valence-corrected chi connectivity index (χ4v) is 1.19. The lowest BCUT2D eigenvalue weighted by Gasteiger charge is -2.28. The molecule has 0 aromatic rings. The minimum atomic E-state index is -0.518. The maximum absolute atomic E-state index is 11.6. The fraction of sp³-hybridized carbons (Fsp3) is 0.636. The van der Waals surface area contributed by atoms with Crippen molar-refractivity contribution < 1.29 is 14.3 Å². The summed E-state index contributed by atoms with van der Waals surface area (Å²) in [6.07, 6.45) is 1.31. The molecule has 15 heavy (non-hydrogen) atoms. The van der Waals surface area contributed by atoms with Crippen LogP contribution in [0.25, 0.3) is 0 Å². The van der Waals surface area contributed by atoms with Crippen LogP contribution in [0.5, 0.6) is 0 Å². The van der Waals surface area contributed by atoms with Crippen LogP contribution < -0.4 is 0 Å². The van der Waals surface area contributed by atoms with Crippen LogP contribution in [0.2, 0.25) is 0 Å². The van der Waals surface area contributed by atoms with E-state index in [-0.39, 0.29) is 12.3 Å². The third kappa shape index (κ3) is 3.38. The first-order valence-corrected chi connectivity index (χ1v) is 4.97. The van der Waals surface area contributed by atoms with Crippen LogP contribution in [0.1, 0.15) is 27.7 Å². The van der Waals surface area contributed by atoms with E-state index in [1.165, 1.54) is 4.90 Å². The Morgan fingerprint density at radius 2 is 2.07 bits per heavy atom. The van der Waals surface area contributed by atoms with Gasteiger partial charge in [-0.3, -0.25) is 9.69 Å². The molecule has 0 atom stereocenters. The second-order valence-corrected chi connectivity index (χ2v) is 4.67. The summed E-state index contributed by atoms with van der Waals surface area (Å²) in [6.45, 7) is 7.74. The molecule has 4 nitrogen and oxygen atoms in total. The first-order valence-electron chi connectivity index (χ1n) is 4.97. The van der Waals surface area contributed by atoms with Gasteiger partial charge in [0.15, 0.2) is 5.78 Å². The highest BCUT2D eigenvalue weighted by Crippen LogP contribution is 2.13. The lowest BCUT2D eigenvalue weighted by molar-refractivity contribution is -0.117. The molecule has 1 amide bonds. The Morgan fingerprint density at radius 1 is 1.47 bits per heavy atom. The summed E-state index contributed by atoms with van der Waals surface area (Å²) >= 11 is 0. The summed E-state index contributed by atoms with van der Waals surface area (Å²) in [7, 11) is 0. The topological polar surface area (TPSA) is 46.6 Å². The summed E-state index contributed by atoms with van der Waals surface area (Å²) in [5, 5.41) is 0. The normalized spacial score (nSPS) is 17.5. The Labute approximate surface area is 89.9 Å². The standard InChI is InChI=1S/C11H17NO3/c1-8-5-6-12(7-9(8)13)10(14)15-11(2,3)4/h5H,6-7H2,1-4H3. The van der Waals surface area contributed by atoms with Crippen molar-refractivity contribution >= 4 is 11.9 Å². The molecule has 1 heterocycles. The number of amides is 1. The van der Waals surface area contributed by atoms with E-state index in [0.29, 0.717) is 6.54 Å². The zero-order valence-corrected chi connectivity index (χ0v) is 9.66. The summed E-state index contributed by atoms with van der Waals surface area (Å²) in [5.74, 6) is -0.0212. The fourth-order valence-electron chi connectivity index (χ4n) is 1.19. The molecular weight excluding hydrogens is 194 g/mol. The van der Waals surface area contributed by atoms with Crippen molar-refractivity contribution in [2.75, 3.05) is 13.1 Å². The van der Waals surface area contributed by atoms with Crippen LogP contribution in [0.15, 0.2) is 11.6 Å². The summed E-state index contributed by atoms with van der Waals surface area (Å²) < 4.78 is 5.17. The molecule has 0 unspecified atom stereocenters. The number of carbonyl (C=O) groups is 2. The van der Waals surface area contributed by atoms with Crippen molar-refractivity contribution in [3.05, 3.63) is 11.6 Å². The molecule has 1 rings (SSSR count). The van der Waals surface area contributed by atoms with E-state index < -0.39 is 11.7 Å². The van der Waals surface area contributed by atoms with Crippen LogP contribution in [0.4, 0.5) is 4.79 Å². The molecule has 84 valence electrons. The van der Waals surface area contributed by atoms with Crippen molar-refractivity contribution in [1.82, 2.24) is 4.90 Å². The third-order valence-corrected chi connectivity index (χ3v) is 2.04. The van der Waals surface area contributed by atoms with Gasteiger partial charge in [0, 0.05) is 6.54 Å². The van der Waals surface area contributed by atoms with Gasteiger partial charge in [0.05, 0.1) is 6.54 Å². The first-order chi connectivity index (χ1) is 6.79. The predicted molar refractivity (Wildman–Crippen MR) is 56.6 cm³/mol. The van der Waals surface area contributed by atoms with Crippen LogP contribution in [-0.2, 0) is 9.53 Å². The lowest BCUT2D eigenvalue weighted by atomic mass is 10.1. The quantitative estimate of drug-likeness (QED) is 0.613. The zero-order valence-electron chi connectivity index (χ0n) is 9.66. The minimum absolute atomic E-state index is 0.0212. The number of nitrogens with zero attached hydrogens (tertiary/aromatic N) is 1. The number of rotatable bonds is 0. The maximum Gasteiger partial charge on any atom is 0.410 e. The van der Waals surface area contributed by atoms with E-state index >= 15 is 0 Å². The summed E-state index contributed by atoms with van der Waals surface area (Å²) in [6, 6.07) is 0. The lowest BCUT2D eigenvalue weighted by Crippen LogP contribution is -2.42. The molecule has 0 saturated carbocycles. The van der Waals surface area contributed by atoms with Gasteiger partial charge in [-0.2, -0.15) is 0 Å². The Kier molecular flexibility index (Phi) is 3.17. The van der Waals surface area contributed by atoms with Crippen molar-refractivity contribution in [3.8, 4) is 0 Å². The Morgan fingerprint density at radius 3 is 2.53 bits per heavy atom. The molecule has 4 heteroatoms. The van der Waals surface area contributed by atoms with Crippen molar-refractivity contribution in [1.29, 1.82) is 0 Å². The molecule has 0 saturated heterocycles. The van der Waals surface area contributed by atoms with E-state index in [2.05, 4.69) is 0 Å². The monoisotopic (exact) mass is 211 g/mol. The van der Waals surface area contributed by atoms with Crippen LogP contribution >= 0.6 is 0 Å². The van der Waals surface area contributed by atoms with Gasteiger partial charge in [0.25, 0.3) is 0 Å². The average Bonchev–Trinajstić information content (AvgIpc) is 2.06. The number of ketones is 1. The van der Waals surface area contributed by atoms with Crippen molar-refractivity contribution in [2.45, 2.75) is 33.3 Å². The molecule has 0 aromatic heterocycles. The molecule has 1 aliphatic heterocycles. The largest absolute Gasteiger partial charge is 0.444 e. The number of Topliss-reactive ketones (excluding diaryl/α,β-unsaturated/α-hetero) is 1. The highest BCUT2D eigenvalue weighted by Gasteiger charge is 2.25. The van der Waals surface area contributed by atoms with Crippen LogP contribution in [-0.4, -0.2) is 35.5 Å². The Bertz CT molecular complexity index is 312. The molecular formula is C11H17NO3. The highest BCUT2D eigenvalue weighted by molar-refractivity contribution is 5.98. The predicted octanol–water partition coefficient (Wildman–Crippen LogP) is 1.75. The first kappa shape index (κ1) is 11.8. The van der Waals surface area contributed by atoms with E-state index in [0.717, 1.165) is 5.57 Å². The number of ether oxygens (including phenoxy) is 1. The smallest absolute Gasteiger partial charge is 0.410 e. The van der Waals surface area contributed by atoms with Crippen LogP contribution in [0.3, 0.4) is 0 Å². The summed E-state index contributed by atoms with van der Waals surface area (Å²) in [5.41, 5.74) is 0.200. The van der Waals surface area contributed by atoms with Gasteiger partial charge in [0.2, 0.25) is 0 Å². The number of carbonyl (C=O) groups excluding carboxylic acids is 2. The molecule has 0 fully saturated rings. The second-order valence-electron chi connectivity index (χ2n) is 4.67. The molecule has 0 spiro atoms. The van der Waals surface area contributed by atoms with Gasteiger partial charge in [-0.25, -0.2) is 4.79 Å². The Hall–Kier alpha value is -1.32. The van der Waals surface area contributed by atoms with Gasteiger partial charge < -0.3 is 4.74 Å². The van der Waals surface area contributed by atoms with Crippen molar-refractivity contribution in [3.63, 3.8) is 0 Å². The van der Waals surface area contributed by atoms with E-state index in [9.17, 15) is 9.59 Å². The van der Waals surface area contributed by atoms with Gasteiger partial charge in [-0.1, -0.05) is 6.08 Å². The SMILES string of the molecule is CC1=CCN(C(=O)OC(C)(C)C)CC1=O. The zero-order chi connectivity index (χ0) is 11.6. The molecule has 0 radical (unpaired) electrons. The molecule has 1 aliphatic rings. The van der Waals surface area contributed by atoms with Crippen LogP contribution in [0, 0.1) is 0 Å². The second kappa shape index (κ2) is 4.04. The maximum atomic E-state index is 11.6. The minimum Gasteiger partial charge on any atom is -0.444 e. The van der Waals surface area contributed by atoms with E-state index in [1.54, 1.807) is 33.8 Å². The highest BCUT2D eigenvalue weighted by atomic mass is 16.6. The average molecular weight is 211 g/mol. The van der Waals surface area contributed by atoms with Gasteiger partial charge in [0.1, 0.15) is 5.60 Å². The number of hydrogen-bond acceptors (Lipinski definition) is 3. The van der Waals surface area contributed by atoms with Gasteiger partial charge in [-0.05, 0) is 33.3 Å². The Balaban J connectivity index is 2.61. The molecule has 0 aliphatic carbocycles. The molecule has 0 aromatic carbocycles. The summed E-state index contributed by atoms with van der Waals surface area (Å²) in [4.78, 5) is 24.3. The van der Waals surface area contributed by atoms with Gasteiger partial charge >= 0.3 is 6.09 Å². The number of hydrogen-bond donors (Lipinski definition) is 0.